The first kappa shape index (κ1) is 25.1. The van der Waals surface area contributed by atoms with Crippen molar-refractivity contribution in [1.29, 1.82) is 0 Å². The molecule has 2 atom stereocenters. The Morgan fingerprint density at radius 1 is 0.926 bits per heavy atom. The van der Waals surface area contributed by atoms with Crippen LogP contribution in [0.3, 0.4) is 0 Å². The van der Waals surface area contributed by atoms with Crippen LogP contribution in [0.2, 0.25) is 0 Å². The molecule has 0 aromatic heterocycles. The van der Waals surface area contributed by atoms with Crippen molar-refractivity contribution in [3.05, 3.63) is 0 Å². The highest BCUT2D eigenvalue weighted by Gasteiger charge is 2.58. The molecule has 6 heteroatoms. The maximum atomic E-state index is 5.83. The van der Waals surface area contributed by atoms with Crippen molar-refractivity contribution in [2.24, 2.45) is 5.41 Å². The van der Waals surface area contributed by atoms with E-state index in [2.05, 4.69) is 51.8 Å². The molecule has 1 aliphatic heterocycles. The van der Waals surface area contributed by atoms with E-state index in [9.17, 15) is 0 Å². The van der Waals surface area contributed by atoms with Gasteiger partial charge >= 0.3 is 8.80 Å². The second kappa shape index (κ2) is 10.7. The van der Waals surface area contributed by atoms with Gasteiger partial charge < -0.3 is 18.6 Å². The Morgan fingerprint density at radius 2 is 1.44 bits per heavy atom. The van der Waals surface area contributed by atoms with E-state index in [4.69, 9.17) is 13.3 Å². The molecule has 0 amide bonds. The van der Waals surface area contributed by atoms with Gasteiger partial charge in [-0.2, -0.15) is 0 Å². The summed E-state index contributed by atoms with van der Waals surface area (Å²) in [5, 5.41) is 4.02. The molecule has 0 aromatic carbocycles. The van der Waals surface area contributed by atoms with Gasteiger partial charge in [0.1, 0.15) is 0 Å². The summed E-state index contributed by atoms with van der Waals surface area (Å²) in [5.74, 6) is 0. The van der Waals surface area contributed by atoms with Crippen molar-refractivity contribution in [2.75, 3.05) is 34.4 Å². The lowest BCUT2D eigenvalue weighted by Gasteiger charge is -2.63. The summed E-state index contributed by atoms with van der Waals surface area (Å²) >= 11 is 0. The fourth-order valence-electron chi connectivity index (χ4n) is 6.31. The third kappa shape index (κ3) is 4.03. The number of hydrogen-bond donors (Lipinski definition) is 1. The normalized spacial score (nSPS) is 24.1. The van der Waals surface area contributed by atoms with E-state index in [0.717, 1.165) is 25.9 Å². The Labute approximate surface area is 169 Å². The van der Waals surface area contributed by atoms with Gasteiger partial charge in [-0.05, 0) is 45.1 Å². The number of piperidine rings is 1. The van der Waals surface area contributed by atoms with Crippen molar-refractivity contribution in [1.82, 2.24) is 10.2 Å². The predicted molar refractivity (Wildman–Crippen MR) is 116 cm³/mol. The number of hydrogen-bond acceptors (Lipinski definition) is 5. The van der Waals surface area contributed by atoms with Crippen molar-refractivity contribution in [3.8, 4) is 0 Å². The molecular formula is C21H46N2O3Si. The van der Waals surface area contributed by atoms with Gasteiger partial charge in [-0.25, -0.2) is 0 Å². The molecule has 1 rings (SSSR count). The quantitative estimate of drug-likeness (QED) is 0.495. The van der Waals surface area contributed by atoms with Crippen LogP contribution in [0, 0.1) is 5.41 Å². The Hall–Kier alpha value is 0.0169. The third-order valence-corrected chi connectivity index (χ3v) is 10.9. The van der Waals surface area contributed by atoms with E-state index < -0.39 is 8.80 Å². The van der Waals surface area contributed by atoms with E-state index in [1.807, 2.05) is 0 Å². The lowest BCUT2D eigenvalue weighted by atomic mass is 9.55. The Morgan fingerprint density at radius 3 is 1.78 bits per heavy atom. The topological polar surface area (TPSA) is 43.0 Å². The Bertz CT molecular complexity index is 415. The fourth-order valence-corrected chi connectivity index (χ4v) is 8.57. The standard InChI is InChI=1S/C21H46N2O3Si/c1-10-19(27(24-7,25-8)26-9)22-18-16-17-23(15-6)21(13-4,14-5)20(18,11-2)12-3/h18-19,22H,10-17H2,1-9H3. The van der Waals surface area contributed by atoms with Crippen LogP contribution in [-0.2, 0) is 13.3 Å². The zero-order chi connectivity index (χ0) is 20.7. The van der Waals surface area contributed by atoms with Crippen LogP contribution in [-0.4, -0.2) is 65.4 Å². The molecule has 162 valence electrons. The summed E-state index contributed by atoms with van der Waals surface area (Å²) in [6.45, 7) is 16.3. The molecule has 1 fully saturated rings. The van der Waals surface area contributed by atoms with Gasteiger partial charge in [0.15, 0.2) is 0 Å². The number of rotatable bonds is 12. The van der Waals surface area contributed by atoms with Gasteiger partial charge in [0.2, 0.25) is 0 Å². The molecule has 0 aromatic rings. The first-order chi connectivity index (χ1) is 12.9. The molecule has 1 N–H and O–H groups in total. The summed E-state index contributed by atoms with van der Waals surface area (Å²) in [7, 11) is 2.43. The van der Waals surface area contributed by atoms with Crippen LogP contribution < -0.4 is 5.32 Å². The van der Waals surface area contributed by atoms with Crippen molar-refractivity contribution < 1.29 is 13.3 Å². The zero-order valence-corrected chi connectivity index (χ0v) is 20.5. The molecule has 1 saturated heterocycles. The van der Waals surface area contributed by atoms with E-state index >= 15 is 0 Å². The van der Waals surface area contributed by atoms with Crippen LogP contribution in [0.1, 0.15) is 80.1 Å². The molecule has 1 aliphatic rings. The maximum absolute atomic E-state index is 5.83. The minimum atomic E-state index is -2.74. The molecule has 0 radical (unpaired) electrons. The fraction of sp³-hybridized carbons (Fsp3) is 1.00. The van der Waals surface area contributed by atoms with Crippen molar-refractivity contribution >= 4 is 8.80 Å². The molecule has 0 spiro atoms. The monoisotopic (exact) mass is 402 g/mol. The highest BCUT2D eigenvalue weighted by atomic mass is 28.4. The second-order valence-electron chi connectivity index (χ2n) is 7.87. The zero-order valence-electron chi connectivity index (χ0n) is 19.5. The van der Waals surface area contributed by atoms with Gasteiger partial charge in [0.25, 0.3) is 0 Å². The molecule has 0 saturated carbocycles. The van der Waals surface area contributed by atoms with Crippen LogP contribution >= 0.6 is 0 Å². The molecule has 27 heavy (non-hydrogen) atoms. The van der Waals surface area contributed by atoms with Gasteiger partial charge in [0, 0.05) is 44.9 Å². The Kier molecular flexibility index (Phi) is 9.92. The maximum Gasteiger partial charge on any atom is 0.518 e. The van der Waals surface area contributed by atoms with Crippen LogP contribution in [0.25, 0.3) is 0 Å². The summed E-state index contributed by atoms with van der Waals surface area (Å²) < 4.78 is 17.5. The minimum absolute atomic E-state index is 0.111. The highest BCUT2D eigenvalue weighted by molar-refractivity contribution is 6.62. The summed E-state index contributed by atoms with van der Waals surface area (Å²) in [6, 6.07) is 0.437. The first-order valence-electron chi connectivity index (χ1n) is 11.1. The van der Waals surface area contributed by atoms with Crippen LogP contribution in [0.5, 0.6) is 0 Å². The molecular weight excluding hydrogens is 356 g/mol. The van der Waals surface area contributed by atoms with Crippen molar-refractivity contribution in [2.45, 2.75) is 97.3 Å². The number of likely N-dealkylation sites (tertiary alicyclic amines) is 1. The van der Waals surface area contributed by atoms with Crippen LogP contribution in [0.15, 0.2) is 0 Å². The lowest BCUT2D eigenvalue weighted by Crippen LogP contribution is -2.73. The van der Waals surface area contributed by atoms with Crippen molar-refractivity contribution in [3.63, 3.8) is 0 Å². The minimum Gasteiger partial charge on any atom is -0.376 e. The molecule has 2 unspecified atom stereocenters. The van der Waals surface area contributed by atoms with E-state index in [0.29, 0.717) is 6.04 Å². The predicted octanol–water partition coefficient (Wildman–Crippen LogP) is 4.23. The van der Waals surface area contributed by atoms with Crippen LogP contribution in [0.4, 0.5) is 0 Å². The molecule has 0 aliphatic carbocycles. The van der Waals surface area contributed by atoms with E-state index in [1.165, 1.54) is 25.7 Å². The number of nitrogens with zero attached hydrogens (tertiary/aromatic N) is 1. The lowest BCUT2D eigenvalue weighted by molar-refractivity contribution is -0.107. The highest BCUT2D eigenvalue weighted by Crippen LogP contribution is 2.53. The summed E-state index contributed by atoms with van der Waals surface area (Å²) in [5.41, 5.74) is 0.573. The van der Waals surface area contributed by atoms with E-state index in [-0.39, 0.29) is 16.6 Å². The number of nitrogens with one attached hydrogen (secondary N) is 1. The first-order valence-corrected chi connectivity index (χ1v) is 12.9. The molecule has 5 nitrogen and oxygen atoms in total. The second-order valence-corrected chi connectivity index (χ2v) is 11.0. The van der Waals surface area contributed by atoms with Gasteiger partial charge in [-0.3, -0.25) is 4.90 Å². The van der Waals surface area contributed by atoms with Gasteiger partial charge in [-0.15, -0.1) is 0 Å². The van der Waals surface area contributed by atoms with E-state index in [1.54, 1.807) is 21.3 Å². The Balaban J connectivity index is 3.36. The summed E-state index contributed by atoms with van der Waals surface area (Å²) in [4.78, 5) is 2.76. The average molecular weight is 403 g/mol. The third-order valence-electron chi connectivity index (χ3n) is 7.79. The van der Waals surface area contributed by atoms with Gasteiger partial charge in [0.05, 0.1) is 5.67 Å². The SMILES string of the molecule is CCC(NC1CCN(CC)C(CC)(CC)C1(CC)CC)[Si](OC)(OC)OC. The molecule has 0 bridgehead atoms. The largest absolute Gasteiger partial charge is 0.518 e. The average Bonchev–Trinajstić information content (AvgIpc) is 2.73. The summed E-state index contributed by atoms with van der Waals surface area (Å²) in [6.07, 6.45) is 6.83. The van der Waals surface area contributed by atoms with Gasteiger partial charge in [-0.1, -0.05) is 41.5 Å². The smallest absolute Gasteiger partial charge is 0.376 e. The molecule has 1 heterocycles.